The summed E-state index contributed by atoms with van der Waals surface area (Å²) >= 11 is 16.2. The van der Waals surface area contributed by atoms with Crippen molar-refractivity contribution in [2.75, 3.05) is 7.11 Å². The summed E-state index contributed by atoms with van der Waals surface area (Å²) in [5, 5.41) is 1.69. The zero-order valence-electron chi connectivity index (χ0n) is 18.3. The molecule has 178 valence electrons. The Kier molecular flexibility index (Phi) is 8.12. The number of hydrogen-bond donors (Lipinski definition) is 1. The Morgan fingerprint density at radius 1 is 1.17 bits per heavy atom. The van der Waals surface area contributed by atoms with Crippen LogP contribution in [0.3, 0.4) is 0 Å². The van der Waals surface area contributed by atoms with Crippen LogP contribution in [0.2, 0.25) is 5.02 Å². The minimum atomic E-state index is -0.424. The van der Waals surface area contributed by atoms with E-state index in [4.69, 9.17) is 33.3 Å². The Labute approximate surface area is 225 Å². The van der Waals surface area contributed by atoms with Gasteiger partial charge in [0.2, 0.25) is 0 Å². The fourth-order valence-corrected chi connectivity index (χ4v) is 5.14. The Balaban J connectivity index is 1.52. The molecule has 0 aliphatic carbocycles. The van der Waals surface area contributed by atoms with E-state index in [2.05, 4.69) is 21.4 Å². The Bertz CT molecular complexity index is 1330. The van der Waals surface area contributed by atoms with Crippen molar-refractivity contribution >= 4 is 73.7 Å². The molecule has 10 heteroatoms. The lowest BCUT2D eigenvalue weighted by Crippen LogP contribution is -2.44. The van der Waals surface area contributed by atoms with Crippen LogP contribution in [0.15, 0.2) is 76.1 Å². The molecule has 1 N–H and O–H groups in total. The van der Waals surface area contributed by atoms with Gasteiger partial charge in [0.05, 0.1) is 16.5 Å². The van der Waals surface area contributed by atoms with Crippen molar-refractivity contribution in [2.45, 2.75) is 6.61 Å². The van der Waals surface area contributed by atoms with Crippen molar-refractivity contribution in [3.05, 3.63) is 97.8 Å². The molecule has 1 saturated heterocycles. The molecule has 0 unspecified atom stereocenters. The van der Waals surface area contributed by atoms with Gasteiger partial charge < -0.3 is 9.47 Å². The number of rotatable bonds is 7. The largest absolute Gasteiger partial charge is 0.493 e. The second kappa shape index (κ2) is 11.3. The maximum absolute atomic E-state index is 12.9. The molecule has 0 saturated carbocycles. The van der Waals surface area contributed by atoms with Crippen molar-refractivity contribution in [1.82, 2.24) is 10.4 Å². The van der Waals surface area contributed by atoms with Crippen LogP contribution in [0.4, 0.5) is 0 Å². The zero-order valence-corrected chi connectivity index (χ0v) is 22.3. The van der Waals surface area contributed by atoms with Crippen molar-refractivity contribution in [3.63, 3.8) is 0 Å². The quantitative estimate of drug-likeness (QED) is 0.260. The number of thioether (sulfide) groups is 1. The van der Waals surface area contributed by atoms with Crippen LogP contribution in [0, 0.1) is 0 Å². The summed E-state index contributed by atoms with van der Waals surface area (Å²) in [6.45, 7) is 0.258. The average Bonchev–Trinajstić information content (AvgIpc) is 3.11. The van der Waals surface area contributed by atoms with Gasteiger partial charge in [-0.1, -0.05) is 59.8 Å². The maximum atomic E-state index is 12.9. The van der Waals surface area contributed by atoms with E-state index in [1.54, 1.807) is 54.6 Å². The fraction of sp³-hybridized carbons (Fsp3) is 0.0800. The molecule has 3 aromatic rings. The Morgan fingerprint density at radius 2 is 1.89 bits per heavy atom. The van der Waals surface area contributed by atoms with Crippen LogP contribution in [0.25, 0.3) is 6.08 Å². The smallest absolute Gasteiger partial charge is 0.285 e. The number of carbonyl (C=O) groups is 2. The second-order valence-corrected chi connectivity index (χ2v) is 10.2. The summed E-state index contributed by atoms with van der Waals surface area (Å²) < 4.78 is 12.4. The number of nitrogens with zero attached hydrogens (tertiary/aromatic N) is 1. The zero-order chi connectivity index (χ0) is 24.9. The molecule has 1 heterocycles. The molecule has 1 fully saturated rings. The van der Waals surface area contributed by atoms with Gasteiger partial charge in [-0.15, -0.1) is 0 Å². The predicted molar refractivity (Wildman–Crippen MR) is 145 cm³/mol. The molecule has 0 atom stereocenters. The Morgan fingerprint density at radius 3 is 2.60 bits per heavy atom. The van der Waals surface area contributed by atoms with E-state index in [0.29, 0.717) is 37.0 Å². The molecule has 0 bridgehead atoms. The van der Waals surface area contributed by atoms with Gasteiger partial charge in [0, 0.05) is 16.1 Å². The average molecular weight is 590 g/mol. The van der Waals surface area contributed by atoms with Gasteiger partial charge in [0.15, 0.2) is 15.8 Å². The number of hydrazine groups is 1. The highest BCUT2D eigenvalue weighted by Crippen LogP contribution is 2.39. The number of thiocarbonyl (C=S) groups is 1. The Hall–Kier alpha value is -2.85. The highest BCUT2D eigenvalue weighted by atomic mass is 79.9. The van der Waals surface area contributed by atoms with Crippen molar-refractivity contribution in [1.29, 1.82) is 0 Å². The number of methoxy groups -OCH3 is 1. The van der Waals surface area contributed by atoms with Gasteiger partial charge in [-0.05, 0) is 70.1 Å². The number of carbonyl (C=O) groups excluding carboxylic acids is 2. The first-order valence-corrected chi connectivity index (χ1v) is 12.6. The van der Waals surface area contributed by atoms with E-state index in [9.17, 15) is 9.59 Å². The monoisotopic (exact) mass is 588 g/mol. The molecule has 6 nitrogen and oxygen atoms in total. The lowest BCUT2D eigenvalue weighted by atomic mass is 10.1. The lowest BCUT2D eigenvalue weighted by Gasteiger charge is -2.15. The topological polar surface area (TPSA) is 67.9 Å². The van der Waals surface area contributed by atoms with Crippen LogP contribution in [0.1, 0.15) is 21.5 Å². The molecule has 2 amide bonds. The summed E-state index contributed by atoms with van der Waals surface area (Å²) in [5.41, 5.74) is 4.52. The van der Waals surface area contributed by atoms with Gasteiger partial charge in [-0.3, -0.25) is 15.0 Å². The van der Waals surface area contributed by atoms with Crippen molar-refractivity contribution in [3.8, 4) is 11.5 Å². The number of halogens is 2. The molecule has 0 radical (unpaired) electrons. The molecule has 3 aromatic carbocycles. The molecule has 1 aliphatic rings. The highest BCUT2D eigenvalue weighted by Gasteiger charge is 2.34. The number of nitrogens with one attached hydrogen (secondary N) is 1. The van der Waals surface area contributed by atoms with Crippen LogP contribution < -0.4 is 14.9 Å². The van der Waals surface area contributed by atoms with Crippen molar-refractivity contribution in [2.24, 2.45) is 0 Å². The number of benzene rings is 3. The summed E-state index contributed by atoms with van der Waals surface area (Å²) in [7, 11) is 1.53. The van der Waals surface area contributed by atoms with Gasteiger partial charge in [0.1, 0.15) is 6.61 Å². The third-order valence-electron chi connectivity index (χ3n) is 4.92. The summed E-state index contributed by atoms with van der Waals surface area (Å²) in [6, 6.07) is 19.6. The van der Waals surface area contributed by atoms with Crippen molar-refractivity contribution < 1.29 is 19.1 Å². The third kappa shape index (κ3) is 5.87. The lowest BCUT2D eigenvalue weighted by molar-refractivity contribution is -0.123. The van der Waals surface area contributed by atoms with Crippen LogP contribution in [-0.4, -0.2) is 28.3 Å². The maximum Gasteiger partial charge on any atom is 0.285 e. The molecule has 1 aliphatic heterocycles. The van der Waals surface area contributed by atoms with Gasteiger partial charge in [0.25, 0.3) is 11.8 Å². The summed E-state index contributed by atoms with van der Waals surface area (Å²) in [5.74, 6) is 0.142. The predicted octanol–water partition coefficient (Wildman–Crippen LogP) is 6.24. The highest BCUT2D eigenvalue weighted by molar-refractivity contribution is 9.10. The standard InChI is InChI=1S/C25H18BrClN2O4S2/c1-32-20-12-15(11-18(26)22(20)33-14-17-9-5-6-10-19(17)27)13-21-24(31)29(25(34)35-21)28-23(30)16-7-3-2-4-8-16/h2-13H,14H2,1H3,(H,28,30)/b21-13+. The van der Waals surface area contributed by atoms with Gasteiger partial charge in [-0.25, -0.2) is 0 Å². The molecular weight excluding hydrogens is 572 g/mol. The minimum Gasteiger partial charge on any atom is -0.493 e. The second-order valence-electron chi connectivity index (χ2n) is 7.24. The SMILES string of the molecule is COc1cc(/C=C2/SC(=S)N(NC(=O)c3ccccc3)C2=O)cc(Br)c1OCc1ccccc1Cl. The molecule has 0 spiro atoms. The van der Waals surface area contributed by atoms with E-state index < -0.39 is 11.8 Å². The number of ether oxygens (including phenoxy) is 2. The molecule has 0 aromatic heterocycles. The number of hydrogen-bond acceptors (Lipinski definition) is 6. The van der Waals surface area contributed by atoms with Crippen LogP contribution in [0.5, 0.6) is 11.5 Å². The van der Waals surface area contributed by atoms with Gasteiger partial charge in [-0.2, -0.15) is 5.01 Å². The first kappa shape index (κ1) is 25.2. The van der Waals surface area contributed by atoms with E-state index in [1.807, 2.05) is 18.2 Å². The van der Waals surface area contributed by atoms with E-state index in [1.165, 1.54) is 7.11 Å². The molecule has 35 heavy (non-hydrogen) atoms. The minimum absolute atomic E-state index is 0.233. The summed E-state index contributed by atoms with van der Waals surface area (Å²) in [6.07, 6.45) is 1.68. The van der Waals surface area contributed by atoms with E-state index in [0.717, 1.165) is 22.3 Å². The number of amides is 2. The van der Waals surface area contributed by atoms with Gasteiger partial charge >= 0.3 is 0 Å². The first-order valence-electron chi connectivity index (χ1n) is 10.2. The third-order valence-corrected chi connectivity index (χ3v) is 7.18. The van der Waals surface area contributed by atoms with Crippen LogP contribution >= 0.6 is 51.5 Å². The van der Waals surface area contributed by atoms with E-state index >= 15 is 0 Å². The normalized spacial score (nSPS) is 14.4. The first-order chi connectivity index (χ1) is 16.9. The molecular formula is C25H18BrClN2O4S2. The fourth-order valence-electron chi connectivity index (χ4n) is 3.20. The van der Waals surface area contributed by atoms with Crippen LogP contribution in [-0.2, 0) is 11.4 Å². The molecule has 4 rings (SSSR count). The summed E-state index contributed by atoms with van der Waals surface area (Å²) in [4.78, 5) is 25.8. The van der Waals surface area contributed by atoms with E-state index in [-0.39, 0.29) is 10.9 Å².